The van der Waals surface area contributed by atoms with E-state index in [1.807, 2.05) is 0 Å². The summed E-state index contributed by atoms with van der Waals surface area (Å²) in [5, 5.41) is 6.38. The van der Waals surface area contributed by atoms with Crippen LogP contribution in [-0.2, 0) is 14.8 Å². The molecule has 1 aliphatic rings. The van der Waals surface area contributed by atoms with Crippen molar-refractivity contribution in [1.82, 2.24) is 14.4 Å². The quantitative estimate of drug-likeness (QED) is 0.444. The topological polar surface area (TPSA) is 95.8 Å². The molecule has 0 atom stereocenters. The zero-order valence-corrected chi connectivity index (χ0v) is 19.4. The lowest BCUT2D eigenvalue weighted by Crippen LogP contribution is -2.44. The Kier molecular flexibility index (Phi) is 10.8. The molecule has 0 aromatic carbocycles. The molecule has 2 rings (SSSR count). The van der Waals surface area contributed by atoms with Gasteiger partial charge in [-0.3, -0.25) is 4.79 Å². The summed E-state index contributed by atoms with van der Waals surface area (Å²) in [4.78, 5) is 14.8. The Morgan fingerprint density at radius 1 is 1.17 bits per heavy atom. The lowest BCUT2D eigenvalue weighted by Gasteiger charge is -2.29. The monoisotopic (exact) mass is 442 g/mol. The molecule has 0 spiro atoms. The molecule has 8 nitrogen and oxygen atoms in total. The maximum atomic E-state index is 13.0. The Morgan fingerprint density at radius 3 is 2.53 bits per heavy atom. The van der Waals surface area contributed by atoms with Crippen LogP contribution >= 0.6 is 0 Å². The Hall–Kier alpha value is -1.45. The molecule has 1 amide bonds. The van der Waals surface area contributed by atoms with Gasteiger partial charge in [0.25, 0.3) is 0 Å². The molecule has 2 heterocycles. The predicted molar refractivity (Wildman–Crippen MR) is 119 cm³/mol. The molecule has 1 saturated heterocycles. The van der Waals surface area contributed by atoms with Gasteiger partial charge in [0.05, 0.1) is 12.3 Å². The first-order valence-corrected chi connectivity index (χ1v) is 12.9. The number of carbonyl (C=O) groups is 1. The number of aromatic nitrogens is 1. The largest absolute Gasteiger partial charge is 0.360 e. The maximum Gasteiger partial charge on any atom is 0.240 e. The molecule has 0 radical (unpaired) electrons. The van der Waals surface area contributed by atoms with Crippen molar-refractivity contribution >= 4 is 21.7 Å². The molecule has 1 fully saturated rings. The number of unbranched alkanes of at least 4 members (excludes halogenated alkanes) is 5. The third-order valence-corrected chi connectivity index (χ3v) is 7.38. The molecule has 1 aliphatic heterocycles. The highest BCUT2D eigenvalue weighted by Gasteiger charge is 2.25. The van der Waals surface area contributed by atoms with Crippen LogP contribution in [0, 0.1) is 6.92 Å². The number of hydrogen-bond donors (Lipinski definition) is 1. The second-order valence-corrected chi connectivity index (χ2v) is 10.3. The Bertz CT molecular complexity index is 729. The fourth-order valence-corrected chi connectivity index (χ4v) is 5.22. The number of nitrogens with zero attached hydrogens (tertiary/aromatic N) is 3. The minimum Gasteiger partial charge on any atom is -0.360 e. The van der Waals surface area contributed by atoms with Crippen molar-refractivity contribution in [2.45, 2.75) is 71.6 Å². The molecule has 1 N–H and O–H groups in total. The maximum absolute atomic E-state index is 13.0. The first-order valence-electron chi connectivity index (χ1n) is 11.3. The van der Waals surface area contributed by atoms with Crippen molar-refractivity contribution in [2.75, 3.05) is 43.8 Å². The van der Waals surface area contributed by atoms with Crippen LogP contribution < -0.4 is 5.32 Å². The first kappa shape index (κ1) is 24.8. The van der Waals surface area contributed by atoms with Crippen LogP contribution in [0.5, 0.6) is 0 Å². The molecule has 9 heteroatoms. The number of hydrogen-bond acceptors (Lipinski definition) is 6. The minimum atomic E-state index is -3.50. The number of nitrogens with one attached hydrogen (secondary N) is 1. The normalized spacial score (nSPS) is 15.6. The smallest absolute Gasteiger partial charge is 0.240 e. The Balaban J connectivity index is 1.91. The van der Waals surface area contributed by atoms with Gasteiger partial charge < -0.3 is 14.7 Å². The highest BCUT2D eigenvalue weighted by molar-refractivity contribution is 7.89. The van der Waals surface area contributed by atoms with Crippen molar-refractivity contribution in [2.24, 2.45) is 0 Å². The second-order valence-electron chi connectivity index (χ2n) is 8.19. The molecular formula is C21H38N4O4S. The van der Waals surface area contributed by atoms with Crippen LogP contribution in [0.4, 0.5) is 5.82 Å². The van der Waals surface area contributed by atoms with Gasteiger partial charge in [0.1, 0.15) is 5.76 Å². The van der Waals surface area contributed by atoms with Crippen molar-refractivity contribution < 1.29 is 17.7 Å². The number of anilines is 1. The number of piperidine rings is 1. The Morgan fingerprint density at radius 2 is 1.87 bits per heavy atom. The molecular weight excluding hydrogens is 404 g/mol. The van der Waals surface area contributed by atoms with E-state index in [0.717, 1.165) is 45.2 Å². The van der Waals surface area contributed by atoms with Gasteiger partial charge >= 0.3 is 0 Å². The van der Waals surface area contributed by atoms with E-state index in [-0.39, 0.29) is 12.3 Å². The van der Waals surface area contributed by atoms with Crippen molar-refractivity contribution in [3.63, 3.8) is 0 Å². The molecule has 30 heavy (non-hydrogen) atoms. The molecule has 172 valence electrons. The number of rotatable bonds is 14. The molecule has 0 saturated carbocycles. The molecule has 1 aromatic heterocycles. The van der Waals surface area contributed by atoms with Crippen LogP contribution in [-0.4, -0.2) is 67.2 Å². The van der Waals surface area contributed by atoms with Crippen LogP contribution in [0.25, 0.3) is 0 Å². The van der Waals surface area contributed by atoms with Gasteiger partial charge in [-0.05, 0) is 39.3 Å². The van der Waals surface area contributed by atoms with E-state index < -0.39 is 15.9 Å². The summed E-state index contributed by atoms with van der Waals surface area (Å²) in [5.41, 5.74) is 0. The second kappa shape index (κ2) is 13.1. The van der Waals surface area contributed by atoms with E-state index in [2.05, 4.69) is 22.3 Å². The molecule has 0 unspecified atom stereocenters. The lowest BCUT2D eigenvalue weighted by atomic mass is 10.1. The summed E-state index contributed by atoms with van der Waals surface area (Å²) in [6, 6.07) is 1.61. The fraction of sp³-hybridized carbons (Fsp3) is 0.810. The standard InChI is InChI=1S/C21H38N4O4S/c1-3-4-5-6-7-11-16-30(27,28)25(15-14-24-12-9-8-10-13-24)18-21(26)22-20-17-19(2)29-23-20/h17H,3-16,18H2,1-2H3,(H,22,23,26). The highest BCUT2D eigenvalue weighted by Crippen LogP contribution is 2.13. The summed E-state index contributed by atoms with van der Waals surface area (Å²) in [5.74, 6) is 0.591. The number of sulfonamides is 1. The van der Waals surface area contributed by atoms with Gasteiger partial charge in [-0.25, -0.2) is 8.42 Å². The van der Waals surface area contributed by atoms with Crippen molar-refractivity contribution in [1.29, 1.82) is 0 Å². The third-order valence-electron chi connectivity index (χ3n) is 5.48. The zero-order valence-electron chi connectivity index (χ0n) is 18.6. The average Bonchev–Trinajstić information content (AvgIpc) is 3.13. The van der Waals surface area contributed by atoms with Crippen molar-refractivity contribution in [3.8, 4) is 0 Å². The number of likely N-dealkylation sites (tertiary alicyclic amines) is 1. The van der Waals surface area contributed by atoms with E-state index in [1.165, 1.54) is 23.6 Å². The van der Waals surface area contributed by atoms with Crippen LogP contribution in [0.1, 0.15) is 70.5 Å². The lowest BCUT2D eigenvalue weighted by molar-refractivity contribution is -0.116. The van der Waals surface area contributed by atoms with Crippen LogP contribution in [0.3, 0.4) is 0 Å². The molecule has 0 bridgehead atoms. The van der Waals surface area contributed by atoms with E-state index in [4.69, 9.17) is 4.52 Å². The number of aryl methyl sites for hydroxylation is 1. The predicted octanol–water partition coefficient (Wildman–Crippen LogP) is 3.40. The van der Waals surface area contributed by atoms with Gasteiger partial charge in [-0.1, -0.05) is 50.6 Å². The molecule has 0 aliphatic carbocycles. The van der Waals surface area contributed by atoms with Gasteiger partial charge in [-0.15, -0.1) is 0 Å². The average molecular weight is 443 g/mol. The highest BCUT2D eigenvalue weighted by atomic mass is 32.2. The zero-order chi connectivity index (χ0) is 21.8. The SMILES string of the molecule is CCCCCCCCS(=O)(=O)N(CCN1CCCCC1)CC(=O)Nc1cc(C)on1. The van der Waals surface area contributed by atoms with Crippen LogP contribution in [0.2, 0.25) is 0 Å². The minimum absolute atomic E-state index is 0.0927. The number of amides is 1. The van der Waals surface area contributed by atoms with Gasteiger partial charge in [0.2, 0.25) is 15.9 Å². The van der Waals surface area contributed by atoms with E-state index in [9.17, 15) is 13.2 Å². The summed E-state index contributed by atoms with van der Waals surface area (Å²) in [6.07, 6.45) is 9.64. The van der Waals surface area contributed by atoms with E-state index in [0.29, 0.717) is 31.1 Å². The van der Waals surface area contributed by atoms with Gasteiger partial charge in [-0.2, -0.15) is 4.31 Å². The van der Waals surface area contributed by atoms with Crippen LogP contribution in [0.15, 0.2) is 10.6 Å². The number of carbonyl (C=O) groups excluding carboxylic acids is 1. The molecule has 1 aromatic rings. The van der Waals surface area contributed by atoms with Gasteiger partial charge in [0, 0.05) is 19.2 Å². The summed E-state index contributed by atoms with van der Waals surface area (Å²) in [7, 11) is -3.50. The van der Waals surface area contributed by atoms with E-state index in [1.54, 1.807) is 13.0 Å². The Labute approximate surface area is 181 Å². The fourth-order valence-electron chi connectivity index (χ4n) is 3.71. The summed E-state index contributed by atoms with van der Waals surface area (Å²) >= 11 is 0. The summed E-state index contributed by atoms with van der Waals surface area (Å²) in [6.45, 7) is 6.69. The van der Waals surface area contributed by atoms with E-state index >= 15 is 0 Å². The van der Waals surface area contributed by atoms with Crippen molar-refractivity contribution in [3.05, 3.63) is 11.8 Å². The third kappa shape index (κ3) is 9.14. The summed E-state index contributed by atoms with van der Waals surface area (Å²) < 4.78 is 32.3. The first-order chi connectivity index (χ1) is 14.4. The van der Waals surface area contributed by atoms with Gasteiger partial charge in [0.15, 0.2) is 5.82 Å².